The van der Waals surface area contributed by atoms with Gasteiger partial charge in [-0.1, -0.05) is 48.5 Å². The fourth-order valence-electron chi connectivity index (χ4n) is 2.72. The Bertz CT molecular complexity index is 926. The van der Waals surface area contributed by atoms with Gasteiger partial charge in [0.1, 0.15) is 11.5 Å². The molecule has 0 bridgehead atoms. The van der Waals surface area contributed by atoms with Crippen LogP contribution in [0.25, 0.3) is 10.8 Å². The molecule has 1 unspecified atom stereocenters. The van der Waals surface area contributed by atoms with E-state index in [2.05, 4.69) is 21.2 Å². The van der Waals surface area contributed by atoms with Crippen molar-refractivity contribution in [3.8, 4) is 11.5 Å². The minimum Gasteiger partial charge on any atom is -0.496 e. The third kappa shape index (κ3) is 3.99. The van der Waals surface area contributed by atoms with Crippen LogP contribution in [0.1, 0.15) is 12.5 Å². The lowest BCUT2D eigenvalue weighted by atomic mass is 10.1. The first-order valence-corrected chi connectivity index (χ1v) is 9.13. The predicted octanol–water partition coefficient (Wildman–Crippen LogP) is 4.69. The van der Waals surface area contributed by atoms with Gasteiger partial charge in [0, 0.05) is 12.1 Å². The first-order chi connectivity index (χ1) is 12.6. The van der Waals surface area contributed by atoms with Gasteiger partial charge in [0.05, 0.1) is 11.6 Å². The number of amides is 1. The van der Waals surface area contributed by atoms with Crippen molar-refractivity contribution in [2.24, 2.45) is 0 Å². The third-order valence-corrected chi connectivity index (χ3v) is 4.96. The number of para-hydroxylation sites is 1. The molecule has 0 saturated heterocycles. The second-order valence-electron chi connectivity index (χ2n) is 5.89. The summed E-state index contributed by atoms with van der Waals surface area (Å²) in [6.45, 7) is 2.12. The van der Waals surface area contributed by atoms with Crippen LogP contribution in [0.4, 0.5) is 0 Å². The summed E-state index contributed by atoms with van der Waals surface area (Å²) in [5.74, 6) is 1.21. The van der Waals surface area contributed by atoms with Crippen LogP contribution in [-0.2, 0) is 11.3 Å². The number of benzene rings is 3. The predicted molar refractivity (Wildman–Crippen MR) is 107 cm³/mol. The molecule has 5 heteroatoms. The molecule has 0 heterocycles. The molecule has 26 heavy (non-hydrogen) atoms. The van der Waals surface area contributed by atoms with Gasteiger partial charge >= 0.3 is 0 Å². The number of fused-ring (bicyclic) bond motifs is 1. The van der Waals surface area contributed by atoms with Gasteiger partial charge in [-0.2, -0.15) is 0 Å². The average Bonchev–Trinajstić information content (AvgIpc) is 2.68. The molecule has 0 saturated carbocycles. The summed E-state index contributed by atoms with van der Waals surface area (Å²) >= 11 is 3.58. The van der Waals surface area contributed by atoms with Crippen molar-refractivity contribution in [3.63, 3.8) is 0 Å². The molecule has 0 radical (unpaired) electrons. The lowest BCUT2D eigenvalue weighted by molar-refractivity contribution is -0.127. The van der Waals surface area contributed by atoms with Crippen LogP contribution in [-0.4, -0.2) is 19.1 Å². The van der Waals surface area contributed by atoms with Crippen LogP contribution >= 0.6 is 15.9 Å². The third-order valence-electron chi connectivity index (χ3n) is 4.15. The van der Waals surface area contributed by atoms with E-state index in [9.17, 15) is 4.79 Å². The summed E-state index contributed by atoms with van der Waals surface area (Å²) in [5, 5.41) is 5.05. The van der Waals surface area contributed by atoms with Gasteiger partial charge in [-0.3, -0.25) is 4.79 Å². The van der Waals surface area contributed by atoms with Crippen LogP contribution in [0.15, 0.2) is 65.1 Å². The van der Waals surface area contributed by atoms with E-state index in [1.54, 1.807) is 14.0 Å². The largest absolute Gasteiger partial charge is 0.496 e. The van der Waals surface area contributed by atoms with Gasteiger partial charge in [0.2, 0.25) is 0 Å². The van der Waals surface area contributed by atoms with Crippen molar-refractivity contribution in [1.82, 2.24) is 5.32 Å². The molecule has 0 aliphatic rings. The topological polar surface area (TPSA) is 47.6 Å². The Kier molecular flexibility index (Phi) is 5.78. The summed E-state index contributed by atoms with van der Waals surface area (Å²) in [6.07, 6.45) is -0.623. The summed E-state index contributed by atoms with van der Waals surface area (Å²) in [5.41, 5.74) is 0.919. The zero-order valence-corrected chi connectivity index (χ0v) is 16.2. The Morgan fingerprint density at radius 1 is 1.04 bits per heavy atom. The van der Waals surface area contributed by atoms with Gasteiger partial charge in [-0.25, -0.2) is 0 Å². The minimum absolute atomic E-state index is 0.184. The lowest BCUT2D eigenvalue weighted by Crippen LogP contribution is -2.36. The quantitative estimate of drug-likeness (QED) is 0.637. The first-order valence-electron chi connectivity index (χ1n) is 8.33. The number of hydrogen-bond acceptors (Lipinski definition) is 3. The van der Waals surface area contributed by atoms with Crippen molar-refractivity contribution in [2.45, 2.75) is 19.6 Å². The minimum atomic E-state index is -0.623. The maximum Gasteiger partial charge on any atom is 0.261 e. The highest BCUT2D eigenvalue weighted by Gasteiger charge is 2.17. The highest BCUT2D eigenvalue weighted by molar-refractivity contribution is 9.10. The maximum absolute atomic E-state index is 12.4. The van der Waals surface area contributed by atoms with Crippen molar-refractivity contribution in [2.75, 3.05) is 7.11 Å². The molecule has 0 fully saturated rings. The van der Waals surface area contributed by atoms with Gasteiger partial charge in [-0.05, 0) is 45.8 Å². The molecule has 1 amide bonds. The SMILES string of the molecule is COc1ccccc1CNC(=O)C(C)Oc1ccc2ccccc2c1Br. The molecule has 4 nitrogen and oxygen atoms in total. The number of methoxy groups -OCH3 is 1. The zero-order valence-electron chi connectivity index (χ0n) is 14.7. The zero-order chi connectivity index (χ0) is 18.5. The van der Waals surface area contributed by atoms with E-state index >= 15 is 0 Å². The number of hydrogen-bond donors (Lipinski definition) is 1. The van der Waals surface area contributed by atoms with Gasteiger partial charge in [0.25, 0.3) is 5.91 Å². The fraction of sp³-hybridized carbons (Fsp3) is 0.190. The monoisotopic (exact) mass is 413 g/mol. The van der Waals surface area contributed by atoms with Crippen molar-refractivity contribution < 1.29 is 14.3 Å². The van der Waals surface area contributed by atoms with Crippen LogP contribution in [0.3, 0.4) is 0 Å². The molecule has 0 aliphatic heterocycles. The van der Waals surface area contributed by atoms with E-state index in [4.69, 9.17) is 9.47 Å². The number of carbonyl (C=O) groups excluding carboxylic acids is 1. The Morgan fingerprint density at radius 3 is 2.58 bits per heavy atom. The molecule has 3 rings (SSSR count). The normalized spacial score (nSPS) is 11.8. The number of halogens is 1. The Labute approximate surface area is 161 Å². The summed E-state index contributed by atoms with van der Waals surface area (Å²) in [7, 11) is 1.61. The van der Waals surface area contributed by atoms with E-state index < -0.39 is 6.10 Å². The smallest absolute Gasteiger partial charge is 0.261 e. The number of nitrogens with one attached hydrogen (secondary N) is 1. The van der Waals surface area contributed by atoms with E-state index in [0.29, 0.717) is 12.3 Å². The molecule has 3 aromatic carbocycles. The van der Waals surface area contributed by atoms with E-state index in [1.807, 2.05) is 60.7 Å². The number of ether oxygens (including phenoxy) is 2. The van der Waals surface area contributed by atoms with E-state index in [-0.39, 0.29) is 5.91 Å². The Morgan fingerprint density at radius 2 is 1.77 bits per heavy atom. The second-order valence-corrected chi connectivity index (χ2v) is 6.68. The summed E-state index contributed by atoms with van der Waals surface area (Å²) < 4.78 is 12.0. The Balaban J connectivity index is 1.67. The molecule has 1 N–H and O–H groups in total. The highest BCUT2D eigenvalue weighted by atomic mass is 79.9. The van der Waals surface area contributed by atoms with Crippen LogP contribution in [0.5, 0.6) is 11.5 Å². The lowest BCUT2D eigenvalue weighted by Gasteiger charge is -2.17. The molecular weight excluding hydrogens is 394 g/mol. The second kappa shape index (κ2) is 8.23. The molecule has 0 aliphatic carbocycles. The first kappa shape index (κ1) is 18.3. The van der Waals surface area contributed by atoms with E-state index in [0.717, 1.165) is 26.6 Å². The average molecular weight is 414 g/mol. The van der Waals surface area contributed by atoms with Gasteiger partial charge in [0.15, 0.2) is 6.10 Å². The fourth-order valence-corrected chi connectivity index (χ4v) is 3.31. The van der Waals surface area contributed by atoms with Crippen LogP contribution in [0, 0.1) is 0 Å². The molecule has 1 atom stereocenters. The molecular formula is C21H20BrNO3. The molecule has 0 aromatic heterocycles. The molecule has 134 valence electrons. The van der Waals surface area contributed by atoms with Gasteiger partial charge < -0.3 is 14.8 Å². The standard InChI is InChI=1S/C21H20BrNO3/c1-14(21(24)23-13-16-8-4-6-10-18(16)25-2)26-19-12-11-15-7-3-5-9-17(15)20(19)22/h3-12,14H,13H2,1-2H3,(H,23,24). The summed E-state index contributed by atoms with van der Waals surface area (Å²) in [6, 6.07) is 19.5. The van der Waals surface area contributed by atoms with E-state index in [1.165, 1.54) is 0 Å². The van der Waals surface area contributed by atoms with Crippen LogP contribution < -0.4 is 14.8 Å². The van der Waals surface area contributed by atoms with Crippen LogP contribution in [0.2, 0.25) is 0 Å². The highest BCUT2D eigenvalue weighted by Crippen LogP contribution is 2.33. The molecule has 3 aromatic rings. The summed E-state index contributed by atoms with van der Waals surface area (Å²) in [4.78, 5) is 12.4. The van der Waals surface area contributed by atoms with Gasteiger partial charge in [-0.15, -0.1) is 0 Å². The molecule has 0 spiro atoms. The Hall–Kier alpha value is -2.53. The number of rotatable bonds is 6. The van der Waals surface area contributed by atoms with Crippen molar-refractivity contribution in [3.05, 3.63) is 70.7 Å². The maximum atomic E-state index is 12.4. The van der Waals surface area contributed by atoms with Crippen molar-refractivity contribution >= 4 is 32.6 Å². The number of carbonyl (C=O) groups is 1. The van der Waals surface area contributed by atoms with Crippen molar-refractivity contribution in [1.29, 1.82) is 0 Å².